The van der Waals surface area contributed by atoms with E-state index in [0.717, 1.165) is 0 Å². The number of aromatic nitrogens is 1. The van der Waals surface area contributed by atoms with Gasteiger partial charge in [-0.2, -0.15) is 0 Å². The number of hydrogen-bond acceptors (Lipinski definition) is 6. The number of nitrogens with zero attached hydrogens (tertiary/aromatic N) is 1. The number of rotatable bonds is 3. The van der Waals surface area contributed by atoms with Crippen LogP contribution in [0.25, 0.3) is 22.2 Å². The van der Waals surface area contributed by atoms with Gasteiger partial charge in [-0.3, -0.25) is 4.79 Å². The number of methoxy groups -OCH3 is 1. The molecule has 26 heavy (non-hydrogen) atoms. The van der Waals surface area contributed by atoms with E-state index in [9.17, 15) is 14.7 Å². The lowest BCUT2D eigenvalue weighted by molar-refractivity contribution is -0.255. The number of ether oxygens (including phenoxy) is 3. The van der Waals surface area contributed by atoms with Crippen molar-refractivity contribution in [2.75, 3.05) is 13.9 Å². The zero-order chi connectivity index (χ0) is 18.4. The highest BCUT2D eigenvalue weighted by atomic mass is 16.7. The van der Waals surface area contributed by atoms with Crippen LogP contribution in [-0.4, -0.2) is 24.4 Å². The third-order valence-corrected chi connectivity index (χ3v) is 4.46. The summed E-state index contributed by atoms with van der Waals surface area (Å²) in [6, 6.07) is 9.86. The molecule has 0 spiro atoms. The van der Waals surface area contributed by atoms with E-state index in [1.807, 2.05) is 0 Å². The highest BCUT2D eigenvalue weighted by Crippen LogP contribution is 2.37. The van der Waals surface area contributed by atoms with Crippen molar-refractivity contribution in [3.8, 4) is 28.5 Å². The summed E-state index contributed by atoms with van der Waals surface area (Å²) in [5.41, 5.74) is 0.288. The second-order valence-corrected chi connectivity index (χ2v) is 5.85. The molecule has 4 rings (SSSR count). The fourth-order valence-electron chi connectivity index (χ4n) is 3.21. The molecule has 2 aromatic carbocycles. The van der Waals surface area contributed by atoms with Gasteiger partial charge >= 0.3 is 0 Å². The second-order valence-electron chi connectivity index (χ2n) is 5.85. The Hall–Kier alpha value is -3.48. The van der Waals surface area contributed by atoms with Gasteiger partial charge in [0.15, 0.2) is 16.9 Å². The van der Waals surface area contributed by atoms with Crippen LogP contribution in [0.5, 0.6) is 17.2 Å². The zero-order valence-corrected chi connectivity index (χ0v) is 14.1. The summed E-state index contributed by atoms with van der Waals surface area (Å²) in [6.45, 7) is 0.0972. The lowest BCUT2D eigenvalue weighted by Crippen LogP contribution is -2.31. The number of carbonyl (C=O) groups excluding carboxylic acids is 1. The van der Waals surface area contributed by atoms with Crippen molar-refractivity contribution in [3.63, 3.8) is 0 Å². The maximum atomic E-state index is 12.8. The Kier molecular flexibility index (Phi) is 3.57. The highest BCUT2D eigenvalue weighted by Gasteiger charge is 2.21. The summed E-state index contributed by atoms with van der Waals surface area (Å²) in [5, 5.41) is 12.0. The number of benzene rings is 2. The molecule has 0 fully saturated rings. The van der Waals surface area contributed by atoms with Gasteiger partial charge in [-0.05, 0) is 30.3 Å². The van der Waals surface area contributed by atoms with Crippen molar-refractivity contribution in [2.24, 2.45) is 7.05 Å². The molecule has 0 amide bonds. The van der Waals surface area contributed by atoms with Gasteiger partial charge in [-0.1, -0.05) is 0 Å². The summed E-state index contributed by atoms with van der Waals surface area (Å²) < 4.78 is 17.5. The van der Waals surface area contributed by atoms with Crippen LogP contribution in [0.15, 0.2) is 41.2 Å². The summed E-state index contributed by atoms with van der Waals surface area (Å²) in [6.07, 6.45) is 0. The van der Waals surface area contributed by atoms with E-state index in [1.165, 1.54) is 7.11 Å². The third-order valence-electron chi connectivity index (χ3n) is 4.46. The standard InChI is InChI=1S/C19H15NO6/c1-20-13-8-11(24-2)4-5-12(13)18(21)16(19(22)23)17(20)10-3-6-14-15(7-10)26-9-25-14/h3-8H,9H2,1-2H3,(H,22,23)/p-1. The fraction of sp³-hybridized carbons (Fsp3) is 0.158. The first-order valence-corrected chi connectivity index (χ1v) is 7.83. The maximum Gasteiger partial charge on any atom is 0.231 e. The SMILES string of the molecule is COc1ccc2c(=O)c(C(=O)[O-])c(-c3ccc4c(c3)OCO4)n(C)c2c1. The van der Waals surface area contributed by atoms with Gasteiger partial charge < -0.3 is 28.7 Å². The van der Waals surface area contributed by atoms with Gasteiger partial charge in [-0.25, -0.2) is 0 Å². The first-order chi connectivity index (χ1) is 12.5. The minimum atomic E-state index is -1.53. The first-order valence-electron chi connectivity index (χ1n) is 7.83. The Morgan fingerprint density at radius 3 is 2.65 bits per heavy atom. The predicted octanol–water partition coefficient (Wildman–Crippen LogP) is 1.31. The quantitative estimate of drug-likeness (QED) is 0.706. The summed E-state index contributed by atoms with van der Waals surface area (Å²) >= 11 is 0. The second kappa shape index (κ2) is 5.80. The van der Waals surface area contributed by atoms with Gasteiger partial charge in [0.2, 0.25) is 6.79 Å². The van der Waals surface area contributed by atoms with Gasteiger partial charge in [-0.15, -0.1) is 0 Å². The molecule has 1 aliphatic rings. The van der Waals surface area contributed by atoms with Crippen molar-refractivity contribution in [1.82, 2.24) is 4.57 Å². The summed E-state index contributed by atoms with van der Waals surface area (Å²) in [7, 11) is 3.21. The topological polar surface area (TPSA) is 89.8 Å². The number of fused-ring (bicyclic) bond motifs is 2. The normalized spacial score (nSPS) is 12.4. The van der Waals surface area contributed by atoms with Crippen LogP contribution >= 0.6 is 0 Å². The summed E-state index contributed by atoms with van der Waals surface area (Å²) in [5.74, 6) is 0.0857. The average molecular weight is 352 g/mol. The molecule has 1 aliphatic heterocycles. The van der Waals surface area contributed by atoms with Gasteiger partial charge in [0.1, 0.15) is 5.75 Å². The third kappa shape index (κ3) is 2.28. The number of pyridine rings is 1. The average Bonchev–Trinajstić information content (AvgIpc) is 3.11. The molecule has 0 aliphatic carbocycles. The van der Waals surface area contributed by atoms with Crippen molar-refractivity contribution in [3.05, 3.63) is 52.2 Å². The minimum Gasteiger partial charge on any atom is -0.545 e. The Bertz CT molecular complexity index is 1120. The van der Waals surface area contributed by atoms with Crippen molar-refractivity contribution in [2.45, 2.75) is 0 Å². The van der Waals surface area contributed by atoms with Crippen LogP contribution in [-0.2, 0) is 7.05 Å². The smallest absolute Gasteiger partial charge is 0.231 e. The Morgan fingerprint density at radius 2 is 1.92 bits per heavy atom. The molecule has 0 bridgehead atoms. The van der Waals surface area contributed by atoms with Crippen LogP contribution < -0.4 is 24.7 Å². The van der Waals surface area contributed by atoms with Crippen molar-refractivity contribution in [1.29, 1.82) is 0 Å². The Labute approximate surface area is 148 Å². The number of aromatic carboxylic acids is 1. The van der Waals surface area contributed by atoms with E-state index >= 15 is 0 Å². The predicted molar refractivity (Wildman–Crippen MR) is 91.6 cm³/mol. The molecule has 0 N–H and O–H groups in total. The first kappa shape index (κ1) is 16.0. The molecule has 7 nitrogen and oxygen atoms in total. The van der Waals surface area contributed by atoms with Crippen LogP contribution in [0, 0.1) is 0 Å². The minimum absolute atomic E-state index is 0.0972. The molecule has 0 unspecified atom stereocenters. The van der Waals surface area contributed by atoms with Crippen molar-refractivity contribution < 1.29 is 24.1 Å². The van der Waals surface area contributed by atoms with Gasteiger partial charge in [0.25, 0.3) is 0 Å². The van der Waals surface area contributed by atoms with E-state index in [2.05, 4.69) is 0 Å². The number of aryl methyl sites for hydroxylation is 1. The van der Waals surface area contributed by atoms with E-state index in [-0.39, 0.29) is 17.9 Å². The van der Waals surface area contributed by atoms with Crippen molar-refractivity contribution >= 4 is 16.9 Å². The van der Waals surface area contributed by atoms with Crippen LogP contribution in [0.4, 0.5) is 0 Å². The molecular formula is C19H14NO6-. The van der Waals surface area contributed by atoms with Crippen LogP contribution in [0.3, 0.4) is 0 Å². The van der Waals surface area contributed by atoms with E-state index in [0.29, 0.717) is 28.3 Å². The van der Waals surface area contributed by atoms with Crippen LogP contribution in [0.1, 0.15) is 10.4 Å². The highest BCUT2D eigenvalue weighted by molar-refractivity contribution is 5.99. The van der Waals surface area contributed by atoms with Gasteiger partial charge in [0.05, 0.1) is 29.9 Å². The fourth-order valence-corrected chi connectivity index (χ4v) is 3.21. The van der Waals surface area contributed by atoms with Crippen LogP contribution in [0.2, 0.25) is 0 Å². The molecule has 7 heteroatoms. The number of carboxylic acids is 1. The molecule has 3 aromatic rings. The molecule has 0 radical (unpaired) electrons. The molecule has 132 valence electrons. The van der Waals surface area contributed by atoms with Gasteiger partial charge in [0, 0.05) is 24.1 Å². The lowest BCUT2D eigenvalue weighted by Gasteiger charge is -2.18. The van der Waals surface area contributed by atoms with E-state index in [4.69, 9.17) is 14.2 Å². The molecule has 2 heterocycles. The number of hydrogen-bond donors (Lipinski definition) is 0. The number of carboxylic acid groups (broad SMARTS) is 1. The maximum absolute atomic E-state index is 12.8. The number of carbonyl (C=O) groups is 1. The Morgan fingerprint density at radius 1 is 1.15 bits per heavy atom. The zero-order valence-electron chi connectivity index (χ0n) is 14.1. The Balaban J connectivity index is 2.10. The summed E-state index contributed by atoms with van der Waals surface area (Å²) in [4.78, 5) is 24.6. The van der Waals surface area contributed by atoms with E-state index in [1.54, 1.807) is 48.0 Å². The monoisotopic (exact) mass is 352 g/mol. The molecule has 0 atom stereocenters. The largest absolute Gasteiger partial charge is 0.545 e. The lowest BCUT2D eigenvalue weighted by atomic mass is 10.0. The molecular weight excluding hydrogens is 338 g/mol. The molecule has 0 saturated carbocycles. The van der Waals surface area contributed by atoms with E-state index < -0.39 is 17.0 Å². The molecule has 0 saturated heterocycles. The molecule has 1 aromatic heterocycles.